The van der Waals surface area contributed by atoms with E-state index in [1.54, 1.807) is 0 Å². The van der Waals surface area contributed by atoms with Crippen molar-refractivity contribution in [1.82, 2.24) is 4.90 Å². The van der Waals surface area contributed by atoms with Crippen LogP contribution in [0.2, 0.25) is 0 Å². The van der Waals surface area contributed by atoms with Gasteiger partial charge in [-0.25, -0.2) is 0 Å². The van der Waals surface area contributed by atoms with E-state index in [4.69, 9.17) is 18.0 Å². The van der Waals surface area contributed by atoms with Gasteiger partial charge in [-0.15, -0.1) is 0 Å². The topological polar surface area (TPSA) is 49.5 Å². The molecule has 2 unspecified atom stereocenters. The smallest absolute Gasteiger partial charge is 0.103 e. The molecular weight excluding hydrogens is 280 g/mol. The molecule has 3 nitrogen and oxygen atoms in total. The average Bonchev–Trinajstić information content (AvgIpc) is 2.50. The summed E-state index contributed by atoms with van der Waals surface area (Å²) in [6, 6.07) is 8.06. The van der Waals surface area contributed by atoms with Gasteiger partial charge in [0, 0.05) is 18.2 Å². The van der Waals surface area contributed by atoms with Gasteiger partial charge in [0.1, 0.15) is 4.99 Å². The van der Waals surface area contributed by atoms with Crippen LogP contribution in [-0.4, -0.2) is 34.1 Å². The Labute approximate surface area is 134 Å². The number of unbranched alkanes of at least 4 members (excludes halogenated alkanes) is 1. The lowest BCUT2D eigenvalue weighted by Gasteiger charge is -2.30. The first kappa shape index (κ1) is 18.1. The van der Waals surface area contributed by atoms with Gasteiger partial charge in [-0.05, 0) is 31.9 Å². The van der Waals surface area contributed by atoms with Crippen molar-refractivity contribution in [3.63, 3.8) is 0 Å². The molecule has 3 N–H and O–H groups in total. The SMILES string of the molecule is CCCCN(CC(O)c1ccc(C(N)=S)cc1)C(C)CC. The van der Waals surface area contributed by atoms with E-state index in [-0.39, 0.29) is 0 Å². The molecule has 2 atom stereocenters. The number of nitrogens with two attached hydrogens (primary N) is 1. The Morgan fingerprint density at radius 2 is 1.90 bits per heavy atom. The van der Waals surface area contributed by atoms with Crippen LogP contribution >= 0.6 is 12.2 Å². The minimum atomic E-state index is -0.476. The lowest BCUT2D eigenvalue weighted by atomic mass is 10.1. The highest BCUT2D eigenvalue weighted by Crippen LogP contribution is 2.18. The molecule has 0 amide bonds. The van der Waals surface area contributed by atoms with Gasteiger partial charge in [0.25, 0.3) is 0 Å². The maximum atomic E-state index is 10.5. The van der Waals surface area contributed by atoms with E-state index in [0.717, 1.165) is 30.5 Å². The summed E-state index contributed by atoms with van der Waals surface area (Å²) >= 11 is 4.95. The summed E-state index contributed by atoms with van der Waals surface area (Å²) in [6.45, 7) is 8.31. The molecule has 4 heteroatoms. The molecule has 0 bridgehead atoms. The van der Waals surface area contributed by atoms with Crippen LogP contribution in [0, 0.1) is 0 Å². The molecule has 0 saturated heterocycles. The summed E-state index contributed by atoms with van der Waals surface area (Å²) in [5, 5.41) is 10.5. The number of benzene rings is 1. The molecule has 0 aliphatic rings. The van der Waals surface area contributed by atoms with Crippen molar-refractivity contribution in [3.05, 3.63) is 35.4 Å². The summed E-state index contributed by atoms with van der Waals surface area (Å²) in [5.74, 6) is 0. The highest BCUT2D eigenvalue weighted by molar-refractivity contribution is 7.80. The third-order valence-electron chi connectivity index (χ3n) is 4.00. The van der Waals surface area contributed by atoms with Gasteiger partial charge >= 0.3 is 0 Å². The van der Waals surface area contributed by atoms with Gasteiger partial charge in [-0.1, -0.05) is 56.8 Å². The molecule has 0 aliphatic heterocycles. The van der Waals surface area contributed by atoms with Crippen LogP contribution in [0.25, 0.3) is 0 Å². The third-order valence-corrected chi connectivity index (χ3v) is 4.24. The van der Waals surface area contributed by atoms with E-state index < -0.39 is 6.10 Å². The van der Waals surface area contributed by atoms with Crippen molar-refractivity contribution in [2.24, 2.45) is 5.73 Å². The van der Waals surface area contributed by atoms with E-state index in [2.05, 4.69) is 25.7 Å². The molecule has 0 radical (unpaired) electrons. The van der Waals surface area contributed by atoms with Crippen molar-refractivity contribution >= 4 is 17.2 Å². The summed E-state index contributed by atoms with van der Waals surface area (Å²) in [7, 11) is 0. The zero-order chi connectivity index (χ0) is 15.8. The molecular formula is C17H28N2OS. The number of hydrogen-bond acceptors (Lipinski definition) is 3. The Balaban J connectivity index is 2.71. The van der Waals surface area contributed by atoms with Crippen LogP contribution in [0.4, 0.5) is 0 Å². The first-order valence-electron chi connectivity index (χ1n) is 7.81. The molecule has 1 aromatic rings. The Bertz CT molecular complexity index is 433. The number of hydrogen-bond donors (Lipinski definition) is 2. The number of aliphatic hydroxyl groups is 1. The largest absolute Gasteiger partial charge is 0.389 e. The summed E-state index contributed by atoms with van der Waals surface area (Å²) in [5.41, 5.74) is 7.35. The van der Waals surface area contributed by atoms with Gasteiger partial charge in [-0.3, -0.25) is 4.90 Å². The minimum Gasteiger partial charge on any atom is -0.389 e. The number of nitrogens with zero attached hydrogens (tertiary/aromatic N) is 1. The highest BCUT2D eigenvalue weighted by Gasteiger charge is 2.17. The lowest BCUT2D eigenvalue weighted by Crippen LogP contribution is -2.37. The molecule has 118 valence electrons. The second-order valence-corrected chi connectivity index (χ2v) is 6.05. The van der Waals surface area contributed by atoms with Crippen LogP contribution in [0.3, 0.4) is 0 Å². The number of aliphatic hydroxyl groups excluding tert-OH is 1. The molecule has 0 spiro atoms. The first-order valence-corrected chi connectivity index (χ1v) is 8.22. The second-order valence-electron chi connectivity index (χ2n) is 5.61. The first-order chi connectivity index (χ1) is 9.99. The quantitative estimate of drug-likeness (QED) is 0.688. The Morgan fingerprint density at radius 3 is 2.38 bits per heavy atom. The van der Waals surface area contributed by atoms with Gasteiger partial charge in [-0.2, -0.15) is 0 Å². The van der Waals surface area contributed by atoms with Gasteiger partial charge < -0.3 is 10.8 Å². The molecule has 0 fully saturated rings. The predicted molar refractivity (Wildman–Crippen MR) is 93.5 cm³/mol. The summed E-state index contributed by atoms with van der Waals surface area (Å²) < 4.78 is 0. The van der Waals surface area contributed by atoms with Crippen molar-refractivity contribution < 1.29 is 5.11 Å². The van der Waals surface area contributed by atoms with Crippen LogP contribution in [0.1, 0.15) is 57.3 Å². The molecule has 1 aromatic carbocycles. The zero-order valence-electron chi connectivity index (χ0n) is 13.4. The van der Waals surface area contributed by atoms with Crippen molar-refractivity contribution in [2.45, 2.75) is 52.2 Å². The van der Waals surface area contributed by atoms with E-state index in [9.17, 15) is 5.11 Å². The fourth-order valence-corrected chi connectivity index (χ4v) is 2.44. The number of rotatable bonds is 9. The second kappa shape index (κ2) is 9.13. The van der Waals surface area contributed by atoms with E-state index in [1.165, 1.54) is 6.42 Å². The van der Waals surface area contributed by atoms with E-state index >= 15 is 0 Å². The van der Waals surface area contributed by atoms with E-state index in [0.29, 0.717) is 17.6 Å². The molecule has 0 heterocycles. The Morgan fingerprint density at radius 1 is 1.29 bits per heavy atom. The Hall–Kier alpha value is -0.970. The summed E-state index contributed by atoms with van der Waals surface area (Å²) in [4.78, 5) is 2.76. The average molecular weight is 308 g/mol. The van der Waals surface area contributed by atoms with Crippen LogP contribution in [-0.2, 0) is 0 Å². The third kappa shape index (κ3) is 5.73. The van der Waals surface area contributed by atoms with Crippen LogP contribution in [0.5, 0.6) is 0 Å². The molecule has 1 rings (SSSR count). The highest BCUT2D eigenvalue weighted by atomic mass is 32.1. The molecule has 0 aliphatic carbocycles. The van der Waals surface area contributed by atoms with Crippen LogP contribution in [0.15, 0.2) is 24.3 Å². The fourth-order valence-electron chi connectivity index (χ4n) is 2.31. The maximum absolute atomic E-state index is 10.5. The van der Waals surface area contributed by atoms with Gasteiger partial charge in [0.2, 0.25) is 0 Å². The zero-order valence-corrected chi connectivity index (χ0v) is 14.2. The van der Waals surface area contributed by atoms with Crippen molar-refractivity contribution in [3.8, 4) is 0 Å². The molecule has 0 aromatic heterocycles. The monoisotopic (exact) mass is 308 g/mol. The Kier molecular flexibility index (Phi) is 7.86. The maximum Gasteiger partial charge on any atom is 0.103 e. The normalized spacial score (nSPS) is 14.1. The number of thiocarbonyl (C=S) groups is 1. The fraction of sp³-hybridized carbons (Fsp3) is 0.588. The van der Waals surface area contributed by atoms with E-state index in [1.807, 2.05) is 24.3 Å². The minimum absolute atomic E-state index is 0.389. The van der Waals surface area contributed by atoms with Crippen molar-refractivity contribution in [2.75, 3.05) is 13.1 Å². The van der Waals surface area contributed by atoms with Gasteiger partial charge in [0.15, 0.2) is 0 Å². The molecule has 21 heavy (non-hydrogen) atoms. The molecule has 0 saturated carbocycles. The standard InChI is InChI=1S/C17H28N2OS/c1-4-6-11-19(13(3)5-2)12-16(20)14-7-9-15(10-8-14)17(18)21/h7-10,13,16,20H,4-6,11-12H2,1-3H3,(H2,18,21). The van der Waals surface area contributed by atoms with Gasteiger partial charge in [0.05, 0.1) is 6.10 Å². The van der Waals surface area contributed by atoms with Crippen molar-refractivity contribution in [1.29, 1.82) is 0 Å². The summed E-state index contributed by atoms with van der Waals surface area (Å²) in [6.07, 6.45) is 2.95. The predicted octanol–water partition coefficient (Wildman–Crippen LogP) is 3.25. The van der Waals surface area contributed by atoms with Crippen LogP contribution < -0.4 is 5.73 Å². The lowest BCUT2D eigenvalue weighted by molar-refractivity contribution is 0.0887.